The Labute approximate surface area is 69.0 Å². The first-order chi connectivity index (χ1) is 5.39. The molecule has 1 unspecified atom stereocenters. The number of halogens is 3. The van der Waals surface area contributed by atoms with Crippen LogP contribution in [0, 0.1) is 5.41 Å². The summed E-state index contributed by atoms with van der Waals surface area (Å²) in [7, 11) is 0. The summed E-state index contributed by atoms with van der Waals surface area (Å²) in [5, 5.41) is 19.1. The molecule has 0 aromatic carbocycles. The van der Waals surface area contributed by atoms with Gasteiger partial charge in [-0.1, -0.05) is 6.92 Å². The largest absolute Gasteiger partial charge is 0.854 e. The van der Waals surface area contributed by atoms with E-state index in [1.165, 1.54) is 6.92 Å². The van der Waals surface area contributed by atoms with Crippen molar-refractivity contribution in [1.29, 1.82) is 0 Å². The molecule has 0 amide bonds. The van der Waals surface area contributed by atoms with Gasteiger partial charge in [0.1, 0.15) is 0 Å². The molecule has 0 radical (unpaired) electrons. The molecule has 0 aliphatic carbocycles. The Morgan fingerprint density at radius 2 is 1.83 bits per heavy atom. The van der Waals surface area contributed by atoms with Crippen molar-refractivity contribution in [2.75, 3.05) is 13.2 Å². The van der Waals surface area contributed by atoms with Crippen LogP contribution in [0.4, 0.5) is 13.2 Å². The van der Waals surface area contributed by atoms with E-state index in [0.717, 1.165) is 0 Å². The van der Waals surface area contributed by atoms with Gasteiger partial charge in [0, 0.05) is 13.0 Å². The van der Waals surface area contributed by atoms with E-state index in [0.29, 0.717) is 0 Å². The zero-order valence-electron chi connectivity index (χ0n) is 6.82. The molecule has 1 N–H and O–H groups in total. The van der Waals surface area contributed by atoms with Gasteiger partial charge in [-0.25, -0.2) is 0 Å². The number of aliphatic hydroxyl groups excluding tert-OH is 1. The highest BCUT2D eigenvalue weighted by atomic mass is 19.4. The molecule has 74 valence electrons. The van der Waals surface area contributed by atoms with Crippen molar-refractivity contribution in [1.82, 2.24) is 0 Å². The van der Waals surface area contributed by atoms with Crippen LogP contribution in [0.5, 0.6) is 0 Å². The van der Waals surface area contributed by atoms with E-state index in [9.17, 15) is 18.3 Å². The summed E-state index contributed by atoms with van der Waals surface area (Å²) in [4.78, 5) is 0. The quantitative estimate of drug-likeness (QED) is 0.700. The molecule has 0 saturated carbocycles. The maximum Gasteiger partial charge on any atom is 0.389 e. The summed E-state index contributed by atoms with van der Waals surface area (Å²) in [6.07, 6.45) is -5.52. The van der Waals surface area contributed by atoms with Crippen molar-refractivity contribution >= 4 is 0 Å². The van der Waals surface area contributed by atoms with E-state index in [-0.39, 0.29) is 6.42 Å². The number of rotatable bonds is 4. The monoisotopic (exact) mass is 185 g/mol. The van der Waals surface area contributed by atoms with Gasteiger partial charge >= 0.3 is 6.18 Å². The zero-order valence-corrected chi connectivity index (χ0v) is 6.82. The third-order valence-corrected chi connectivity index (χ3v) is 1.97. The van der Waals surface area contributed by atoms with Gasteiger partial charge in [-0.15, -0.1) is 6.61 Å². The molecular weight excluding hydrogens is 173 g/mol. The lowest BCUT2D eigenvalue weighted by molar-refractivity contribution is -0.400. The van der Waals surface area contributed by atoms with Gasteiger partial charge in [-0.05, 0) is 11.8 Å². The Morgan fingerprint density at radius 1 is 1.33 bits per heavy atom. The minimum atomic E-state index is -4.37. The van der Waals surface area contributed by atoms with Gasteiger partial charge in [0.25, 0.3) is 0 Å². The highest BCUT2D eigenvalue weighted by Gasteiger charge is 2.38. The average Bonchev–Trinajstić information content (AvgIpc) is 1.99. The highest BCUT2D eigenvalue weighted by Crippen LogP contribution is 2.34. The van der Waals surface area contributed by atoms with Gasteiger partial charge in [-0.2, -0.15) is 13.2 Å². The first-order valence-corrected chi connectivity index (χ1v) is 3.65. The number of hydrogen-bond donors (Lipinski definition) is 1. The highest BCUT2D eigenvalue weighted by molar-refractivity contribution is 4.78. The summed E-state index contributed by atoms with van der Waals surface area (Å²) in [6, 6.07) is 0. The van der Waals surface area contributed by atoms with Crippen LogP contribution in [-0.2, 0) is 0 Å². The van der Waals surface area contributed by atoms with Gasteiger partial charge in [-0.3, -0.25) is 0 Å². The van der Waals surface area contributed by atoms with E-state index in [1.807, 2.05) is 0 Å². The molecule has 0 spiro atoms. The minimum Gasteiger partial charge on any atom is -0.854 e. The molecule has 0 aliphatic heterocycles. The van der Waals surface area contributed by atoms with Crippen molar-refractivity contribution in [3.8, 4) is 0 Å². The van der Waals surface area contributed by atoms with Crippen molar-refractivity contribution in [2.24, 2.45) is 5.41 Å². The van der Waals surface area contributed by atoms with Crippen LogP contribution in [-0.4, -0.2) is 24.5 Å². The molecule has 1 atom stereocenters. The van der Waals surface area contributed by atoms with Gasteiger partial charge < -0.3 is 10.2 Å². The van der Waals surface area contributed by atoms with E-state index >= 15 is 0 Å². The van der Waals surface area contributed by atoms with Crippen LogP contribution in [0.3, 0.4) is 0 Å². The molecule has 0 aromatic heterocycles. The van der Waals surface area contributed by atoms with Gasteiger partial charge in [0.15, 0.2) is 0 Å². The molecule has 0 bridgehead atoms. The molecule has 0 heterocycles. The SMILES string of the molecule is CCC(C[O-])(CO)CC(F)(F)F. The van der Waals surface area contributed by atoms with Crippen LogP contribution in [0.15, 0.2) is 0 Å². The molecule has 0 rings (SSSR count). The number of alkyl halides is 3. The molecule has 5 heteroatoms. The Kier molecular flexibility index (Phi) is 3.99. The van der Waals surface area contributed by atoms with Gasteiger partial charge in [0.2, 0.25) is 0 Å². The van der Waals surface area contributed by atoms with Crippen LogP contribution >= 0.6 is 0 Å². The fourth-order valence-electron chi connectivity index (χ4n) is 0.917. The predicted octanol–water partition coefficient (Wildman–Crippen LogP) is 0.688. The summed E-state index contributed by atoms with van der Waals surface area (Å²) < 4.78 is 35.6. The molecular formula is C7H12F3O2-. The molecule has 2 nitrogen and oxygen atoms in total. The second-order valence-electron chi connectivity index (χ2n) is 2.95. The predicted molar refractivity (Wildman–Crippen MR) is 35.3 cm³/mol. The standard InChI is InChI=1S/C7H12F3O2/c1-2-6(4-11,5-12)3-7(8,9)10/h11H,2-5H2,1H3/q-1. The minimum absolute atomic E-state index is 0.0481. The first kappa shape index (κ1) is 11.7. The molecule has 0 aromatic rings. The average molecular weight is 185 g/mol. The Balaban J connectivity index is 4.30. The number of aliphatic hydroxyl groups is 1. The molecule has 0 aliphatic rings. The van der Waals surface area contributed by atoms with Crippen LogP contribution in [0.1, 0.15) is 19.8 Å². The van der Waals surface area contributed by atoms with Crippen molar-refractivity contribution in [3.05, 3.63) is 0 Å². The van der Waals surface area contributed by atoms with E-state index in [2.05, 4.69) is 0 Å². The van der Waals surface area contributed by atoms with Crippen molar-refractivity contribution in [3.63, 3.8) is 0 Å². The Bertz CT molecular complexity index is 121. The lowest BCUT2D eigenvalue weighted by Gasteiger charge is -2.34. The molecule has 0 saturated heterocycles. The Morgan fingerprint density at radius 3 is 1.92 bits per heavy atom. The van der Waals surface area contributed by atoms with Crippen LogP contribution in [0.2, 0.25) is 0 Å². The van der Waals surface area contributed by atoms with Crippen LogP contribution in [0.25, 0.3) is 0 Å². The van der Waals surface area contributed by atoms with Crippen LogP contribution < -0.4 is 5.11 Å². The topological polar surface area (TPSA) is 43.3 Å². The fraction of sp³-hybridized carbons (Fsp3) is 1.00. The summed E-state index contributed by atoms with van der Waals surface area (Å²) in [6.45, 7) is -0.119. The van der Waals surface area contributed by atoms with E-state index in [1.54, 1.807) is 0 Å². The van der Waals surface area contributed by atoms with E-state index in [4.69, 9.17) is 5.11 Å². The zero-order chi connectivity index (χ0) is 9.83. The molecule has 0 fully saturated rings. The summed E-state index contributed by atoms with van der Waals surface area (Å²) in [5.74, 6) is 0. The van der Waals surface area contributed by atoms with Gasteiger partial charge in [0.05, 0.1) is 0 Å². The smallest absolute Gasteiger partial charge is 0.389 e. The third kappa shape index (κ3) is 3.40. The molecule has 12 heavy (non-hydrogen) atoms. The van der Waals surface area contributed by atoms with Crippen molar-refractivity contribution in [2.45, 2.75) is 25.9 Å². The maximum absolute atomic E-state index is 11.9. The third-order valence-electron chi connectivity index (χ3n) is 1.97. The lowest BCUT2D eigenvalue weighted by atomic mass is 9.83. The van der Waals surface area contributed by atoms with E-state index < -0.39 is 31.2 Å². The lowest BCUT2D eigenvalue weighted by Crippen LogP contribution is -2.39. The maximum atomic E-state index is 11.9. The summed E-state index contributed by atoms with van der Waals surface area (Å²) >= 11 is 0. The second-order valence-corrected chi connectivity index (χ2v) is 2.95. The number of hydrogen-bond acceptors (Lipinski definition) is 2. The second kappa shape index (κ2) is 4.09. The summed E-state index contributed by atoms with van der Waals surface area (Å²) in [5.41, 5.74) is -1.52. The fourth-order valence-corrected chi connectivity index (χ4v) is 0.917. The first-order valence-electron chi connectivity index (χ1n) is 3.65. The Hall–Kier alpha value is -0.290. The van der Waals surface area contributed by atoms with Crippen molar-refractivity contribution < 1.29 is 23.4 Å². The normalized spacial score (nSPS) is 17.5.